The molecule has 12 aromatic rings. The van der Waals surface area contributed by atoms with Gasteiger partial charge in [-0.1, -0.05) is 114 Å². The summed E-state index contributed by atoms with van der Waals surface area (Å²) in [5.41, 5.74) is 18.4. The Labute approximate surface area is 357 Å². The van der Waals surface area contributed by atoms with Crippen LogP contribution in [-0.4, -0.2) is 11.4 Å². The van der Waals surface area contributed by atoms with Crippen molar-refractivity contribution in [1.82, 2.24) is 4.57 Å². The average Bonchev–Trinajstić information content (AvgIpc) is 4.02. The highest BCUT2D eigenvalue weighted by molar-refractivity contribution is 6.94. The lowest BCUT2D eigenvalue weighted by Crippen LogP contribution is -2.60. The van der Waals surface area contributed by atoms with Crippen molar-refractivity contribution in [2.45, 2.75) is 52.4 Å². The van der Waals surface area contributed by atoms with Crippen molar-refractivity contribution in [3.05, 3.63) is 151 Å². The standard InChI is InChI=1S/C56H41BN2O3/c1-55(2,3)30-19-22-32(23-20-30)59-42-26-36-33-13-7-10-16-44(33)60-47(36)28-39(42)49-50-35-15-9-12-18-46(35)62-54(50)51-38-25-31(56(4,5)6)21-24-41(38)58-43-27-37-34-14-8-11-17-45(34)61-48(37)29-40(43)57(59)52(49)53(51)58/h7-29H,1-6H3. The second kappa shape index (κ2) is 11.4. The molecule has 296 valence electrons. The number of hydrogen-bond donors (Lipinski definition) is 0. The molecule has 5 nitrogen and oxygen atoms in total. The number of aromatic nitrogens is 1. The van der Waals surface area contributed by atoms with Crippen LogP contribution in [0.1, 0.15) is 52.7 Å². The second-order valence-corrected chi connectivity index (χ2v) is 19.7. The molecule has 0 atom stereocenters. The molecule has 0 spiro atoms. The maximum absolute atomic E-state index is 7.18. The maximum atomic E-state index is 7.18. The van der Waals surface area contributed by atoms with E-state index in [2.05, 4.69) is 190 Å². The summed E-state index contributed by atoms with van der Waals surface area (Å²) in [5, 5.41) is 9.03. The third-order valence-corrected chi connectivity index (χ3v) is 14.1. The first-order valence-corrected chi connectivity index (χ1v) is 21.8. The topological polar surface area (TPSA) is 47.6 Å². The molecule has 0 saturated heterocycles. The Morgan fingerprint density at radius 3 is 1.71 bits per heavy atom. The van der Waals surface area contributed by atoms with E-state index in [1.54, 1.807) is 0 Å². The van der Waals surface area contributed by atoms with Gasteiger partial charge in [-0.05, 0) is 105 Å². The van der Waals surface area contributed by atoms with Crippen molar-refractivity contribution in [2.75, 3.05) is 4.81 Å². The van der Waals surface area contributed by atoms with Crippen molar-refractivity contribution < 1.29 is 13.3 Å². The zero-order valence-electron chi connectivity index (χ0n) is 35.5. The Balaban J connectivity index is 1.24. The molecule has 6 heteroatoms. The molecule has 6 heterocycles. The molecule has 14 rings (SSSR count). The van der Waals surface area contributed by atoms with E-state index >= 15 is 0 Å². The lowest BCUT2D eigenvalue weighted by molar-refractivity contribution is 0.590. The molecule has 0 radical (unpaired) electrons. The van der Waals surface area contributed by atoms with Crippen molar-refractivity contribution in [3.8, 4) is 16.8 Å². The molecule has 0 fully saturated rings. The van der Waals surface area contributed by atoms with Gasteiger partial charge in [-0.25, -0.2) is 0 Å². The van der Waals surface area contributed by atoms with E-state index < -0.39 is 0 Å². The zero-order chi connectivity index (χ0) is 41.6. The van der Waals surface area contributed by atoms with Crippen LogP contribution in [-0.2, 0) is 10.8 Å². The summed E-state index contributed by atoms with van der Waals surface area (Å²) in [6.45, 7) is 13.5. The number of benzene rings is 8. The minimum Gasteiger partial charge on any atom is -0.456 e. The highest BCUT2D eigenvalue weighted by Gasteiger charge is 2.46. The van der Waals surface area contributed by atoms with Crippen LogP contribution in [0.25, 0.3) is 104 Å². The predicted molar refractivity (Wildman–Crippen MR) is 259 cm³/mol. The first kappa shape index (κ1) is 34.5. The van der Waals surface area contributed by atoms with Gasteiger partial charge in [0.25, 0.3) is 0 Å². The number of fused-ring (bicyclic) bond motifs is 19. The predicted octanol–water partition coefficient (Wildman–Crippen LogP) is 14.3. The minimum atomic E-state index is -0.222. The fourth-order valence-corrected chi connectivity index (χ4v) is 11.1. The van der Waals surface area contributed by atoms with E-state index in [-0.39, 0.29) is 17.7 Å². The lowest BCUT2D eigenvalue weighted by atomic mass is 9.43. The maximum Gasteiger partial charge on any atom is 0.333 e. The van der Waals surface area contributed by atoms with Crippen molar-refractivity contribution in [1.29, 1.82) is 0 Å². The Morgan fingerprint density at radius 2 is 1.05 bits per heavy atom. The van der Waals surface area contributed by atoms with Crippen LogP contribution in [0.5, 0.6) is 0 Å². The normalized spacial score (nSPS) is 13.9. The van der Waals surface area contributed by atoms with E-state index in [4.69, 9.17) is 13.3 Å². The number of para-hydroxylation sites is 3. The number of nitrogens with zero attached hydrogens (tertiary/aromatic N) is 2. The summed E-state index contributed by atoms with van der Waals surface area (Å²) < 4.78 is 23.2. The van der Waals surface area contributed by atoms with Gasteiger partial charge in [0.1, 0.15) is 33.5 Å². The van der Waals surface area contributed by atoms with Gasteiger partial charge in [0.15, 0.2) is 0 Å². The zero-order valence-corrected chi connectivity index (χ0v) is 35.5. The highest BCUT2D eigenvalue weighted by atomic mass is 16.3. The van der Waals surface area contributed by atoms with Crippen LogP contribution in [0.2, 0.25) is 0 Å². The number of hydrogen-bond acceptors (Lipinski definition) is 4. The van der Waals surface area contributed by atoms with E-state index in [0.29, 0.717) is 0 Å². The Kier molecular flexibility index (Phi) is 6.34. The van der Waals surface area contributed by atoms with Gasteiger partial charge in [-0.3, -0.25) is 0 Å². The van der Waals surface area contributed by atoms with Crippen molar-refractivity contribution >= 4 is 117 Å². The van der Waals surface area contributed by atoms with E-state index in [1.165, 1.54) is 38.5 Å². The van der Waals surface area contributed by atoms with E-state index in [0.717, 1.165) is 99.3 Å². The lowest BCUT2D eigenvalue weighted by Gasteiger charge is -2.42. The van der Waals surface area contributed by atoms with Gasteiger partial charge < -0.3 is 22.6 Å². The van der Waals surface area contributed by atoms with Gasteiger partial charge in [-0.2, -0.15) is 0 Å². The quantitative estimate of drug-likeness (QED) is 0.155. The van der Waals surface area contributed by atoms with Crippen molar-refractivity contribution in [2.24, 2.45) is 0 Å². The van der Waals surface area contributed by atoms with Gasteiger partial charge in [0.2, 0.25) is 0 Å². The number of anilines is 2. The van der Waals surface area contributed by atoms with Crippen LogP contribution in [0.3, 0.4) is 0 Å². The van der Waals surface area contributed by atoms with Crippen LogP contribution < -0.4 is 15.7 Å². The molecule has 4 aromatic heterocycles. The van der Waals surface area contributed by atoms with Gasteiger partial charge >= 0.3 is 6.85 Å². The molecule has 0 unspecified atom stereocenters. The number of furan rings is 3. The third kappa shape index (κ3) is 4.34. The monoisotopic (exact) mass is 800 g/mol. The van der Waals surface area contributed by atoms with Crippen molar-refractivity contribution in [3.63, 3.8) is 0 Å². The molecule has 0 amide bonds. The first-order chi connectivity index (χ1) is 30.0. The molecule has 62 heavy (non-hydrogen) atoms. The fraction of sp³-hybridized carbons (Fsp3) is 0.143. The van der Waals surface area contributed by atoms with E-state index in [9.17, 15) is 0 Å². The summed E-state index contributed by atoms with van der Waals surface area (Å²) in [5.74, 6) is 0. The third-order valence-electron chi connectivity index (χ3n) is 14.1. The summed E-state index contributed by atoms with van der Waals surface area (Å²) in [7, 11) is 0. The molecule has 0 saturated carbocycles. The van der Waals surface area contributed by atoms with Gasteiger partial charge in [0, 0.05) is 60.3 Å². The Bertz CT molecular complexity index is 3960. The molecular weight excluding hydrogens is 759 g/mol. The largest absolute Gasteiger partial charge is 0.456 e. The minimum absolute atomic E-state index is 0.00407. The highest BCUT2D eigenvalue weighted by Crippen LogP contribution is 2.53. The van der Waals surface area contributed by atoms with Gasteiger partial charge in [-0.15, -0.1) is 0 Å². The molecule has 8 aromatic carbocycles. The molecule has 2 aliphatic rings. The molecule has 2 aliphatic heterocycles. The average molecular weight is 801 g/mol. The van der Waals surface area contributed by atoms with Crippen LogP contribution in [0, 0.1) is 0 Å². The van der Waals surface area contributed by atoms with Gasteiger partial charge in [0.05, 0.1) is 16.4 Å². The fourth-order valence-electron chi connectivity index (χ4n) is 11.1. The summed E-state index contributed by atoms with van der Waals surface area (Å²) in [6, 6.07) is 51.2. The smallest absolute Gasteiger partial charge is 0.333 e. The van der Waals surface area contributed by atoms with Crippen LogP contribution >= 0.6 is 0 Å². The summed E-state index contributed by atoms with van der Waals surface area (Å²) in [6.07, 6.45) is 0. The Hall–Kier alpha value is -7.18. The SMILES string of the molecule is CC(C)(C)c1ccc(N2B3c4cc5oc6ccccc6c5cc4-n4c5ccc(C(C)(C)C)cc5c5c6oc7ccccc7c6c(c3c54)-c3cc4oc5ccccc5c4cc32)cc1. The molecular formula is C56H41BN2O3. The van der Waals surface area contributed by atoms with Crippen LogP contribution in [0.15, 0.2) is 153 Å². The molecule has 0 aliphatic carbocycles. The molecule has 0 bridgehead atoms. The number of rotatable bonds is 1. The second-order valence-electron chi connectivity index (χ2n) is 19.7. The van der Waals surface area contributed by atoms with E-state index in [1.807, 2.05) is 0 Å². The first-order valence-electron chi connectivity index (χ1n) is 21.8. The summed E-state index contributed by atoms with van der Waals surface area (Å²) in [4.78, 5) is 2.61. The van der Waals surface area contributed by atoms with Crippen LogP contribution in [0.4, 0.5) is 11.4 Å². The molecule has 0 N–H and O–H groups in total. The summed E-state index contributed by atoms with van der Waals surface area (Å²) >= 11 is 0. The Morgan fingerprint density at radius 1 is 0.468 bits per heavy atom.